The molecule has 0 aliphatic rings. The molecule has 0 saturated carbocycles. The fourth-order valence-corrected chi connectivity index (χ4v) is 1.95. The molecule has 1 rings (SSSR count). The summed E-state index contributed by atoms with van der Waals surface area (Å²) >= 11 is 1.69. The lowest BCUT2D eigenvalue weighted by Crippen LogP contribution is -2.38. The molecule has 0 aliphatic carbocycles. The molecule has 1 N–H and O–H groups in total. The topological polar surface area (TPSA) is 32.3 Å². The molecule has 0 spiro atoms. The van der Waals surface area contributed by atoms with E-state index < -0.39 is 0 Å². The molecule has 0 atom stereocenters. The van der Waals surface area contributed by atoms with Crippen LogP contribution in [0.5, 0.6) is 0 Å². The Hall–Kier alpha value is -0.870. The molecule has 16 heavy (non-hydrogen) atoms. The van der Waals surface area contributed by atoms with Gasteiger partial charge in [-0.3, -0.25) is 9.69 Å². The number of nitrogens with one attached hydrogen (secondary N) is 1. The van der Waals surface area contributed by atoms with Gasteiger partial charge in [-0.05, 0) is 49.7 Å². The number of hydrogen-bond donors (Lipinski definition) is 1. The summed E-state index contributed by atoms with van der Waals surface area (Å²) in [5, 5.41) is 7.11. The van der Waals surface area contributed by atoms with Crippen LogP contribution in [0, 0.1) is 0 Å². The molecule has 1 aromatic heterocycles. The van der Waals surface area contributed by atoms with Crippen molar-refractivity contribution in [1.82, 2.24) is 10.2 Å². The maximum Gasteiger partial charge on any atom is 0.234 e. The van der Waals surface area contributed by atoms with Gasteiger partial charge in [-0.1, -0.05) is 0 Å². The zero-order chi connectivity index (χ0) is 12.0. The summed E-state index contributed by atoms with van der Waals surface area (Å²) in [4.78, 5) is 13.6. The van der Waals surface area contributed by atoms with Crippen LogP contribution in [-0.4, -0.2) is 37.0 Å². The zero-order valence-electron chi connectivity index (χ0n) is 10.2. The molecule has 90 valence electrons. The minimum Gasteiger partial charge on any atom is -0.355 e. The van der Waals surface area contributed by atoms with Gasteiger partial charge in [-0.15, -0.1) is 0 Å². The third kappa shape index (κ3) is 4.77. The summed E-state index contributed by atoms with van der Waals surface area (Å²) in [5.41, 5.74) is 1.29. The highest BCUT2D eigenvalue weighted by atomic mass is 32.1. The largest absolute Gasteiger partial charge is 0.355 e. The van der Waals surface area contributed by atoms with Crippen molar-refractivity contribution in [2.45, 2.75) is 26.3 Å². The van der Waals surface area contributed by atoms with Crippen molar-refractivity contribution in [3.63, 3.8) is 0 Å². The number of hydrogen-bond acceptors (Lipinski definition) is 3. The maximum absolute atomic E-state index is 11.5. The number of rotatable bonds is 6. The van der Waals surface area contributed by atoms with E-state index in [0.29, 0.717) is 12.6 Å². The van der Waals surface area contributed by atoms with Crippen molar-refractivity contribution in [3.05, 3.63) is 22.4 Å². The van der Waals surface area contributed by atoms with Gasteiger partial charge in [0.2, 0.25) is 5.91 Å². The fourth-order valence-electron chi connectivity index (χ4n) is 1.25. The van der Waals surface area contributed by atoms with Crippen LogP contribution in [-0.2, 0) is 11.2 Å². The van der Waals surface area contributed by atoms with Crippen LogP contribution in [0.15, 0.2) is 16.8 Å². The van der Waals surface area contributed by atoms with Gasteiger partial charge < -0.3 is 5.32 Å². The van der Waals surface area contributed by atoms with Crippen LogP contribution in [0.25, 0.3) is 0 Å². The van der Waals surface area contributed by atoms with Gasteiger partial charge in [0, 0.05) is 12.6 Å². The summed E-state index contributed by atoms with van der Waals surface area (Å²) < 4.78 is 0. The number of carbonyl (C=O) groups is 1. The van der Waals surface area contributed by atoms with E-state index in [1.807, 2.05) is 11.9 Å². The van der Waals surface area contributed by atoms with Crippen molar-refractivity contribution in [1.29, 1.82) is 0 Å². The first kappa shape index (κ1) is 13.2. The monoisotopic (exact) mass is 240 g/mol. The second-order valence-electron chi connectivity index (χ2n) is 4.24. The van der Waals surface area contributed by atoms with Gasteiger partial charge in [0.05, 0.1) is 6.54 Å². The van der Waals surface area contributed by atoms with Crippen molar-refractivity contribution < 1.29 is 4.79 Å². The first-order valence-corrected chi connectivity index (χ1v) is 6.52. The summed E-state index contributed by atoms with van der Waals surface area (Å²) in [5.74, 6) is 0.103. The van der Waals surface area contributed by atoms with Gasteiger partial charge in [-0.25, -0.2) is 0 Å². The number of likely N-dealkylation sites (N-methyl/N-ethyl adjacent to an activating group) is 1. The van der Waals surface area contributed by atoms with Crippen LogP contribution in [0.1, 0.15) is 19.4 Å². The lowest BCUT2D eigenvalue weighted by molar-refractivity contribution is -0.122. The average Bonchev–Trinajstić information content (AvgIpc) is 2.70. The Kier molecular flexibility index (Phi) is 5.49. The van der Waals surface area contributed by atoms with E-state index in [-0.39, 0.29) is 5.91 Å². The van der Waals surface area contributed by atoms with Crippen molar-refractivity contribution in [3.8, 4) is 0 Å². The minimum atomic E-state index is 0.103. The van der Waals surface area contributed by atoms with Gasteiger partial charge in [0.15, 0.2) is 0 Å². The van der Waals surface area contributed by atoms with Crippen molar-refractivity contribution in [2.75, 3.05) is 20.1 Å². The molecule has 0 aromatic carbocycles. The number of thiophene rings is 1. The Morgan fingerprint density at radius 2 is 2.31 bits per heavy atom. The number of nitrogens with zero attached hydrogens (tertiary/aromatic N) is 1. The SMILES string of the molecule is CC(C)N(C)CC(=O)NCCc1ccsc1. The summed E-state index contributed by atoms with van der Waals surface area (Å²) in [7, 11) is 1.96. The maximum atomic E-state index is 11.5. The van der Waals surface area contributed by atoms with Crippen LogP contribution in [0.2, 0.25) is 0 Å². The highest BCUT2D eigenvalue weighted by Crippen LogP contribution is 2.05. The molecule has 3 nitrogen and oxygen atoms in total. The summed E-state index contributed by atoms with van der Waals surface area (Å²) in [6.07, 6.45) is 0.917. The number of amides is 1. The van der Waals surface area contributed by atoms with E-state index in [1.165, 1.54) is 5.56 Å². The van der Waals surface area contributed by atoms with Crippen LogP contribution < -0.4 is 5.32 Å². The molecular weight excluding hydrogens is 220 g/mol. The third-order valence-electron chi connectivity index (χ3n) is 2.59. The molecule has 1 amide bonds. The Balaban J connectivity index is 2.15. The minimum absolute atomic E-state index is 0.103. The Bertz CT molecular complexity index is 309. The zero-order valence-corrected chi connectivity index (χ0v) is 11.0. The Morgan fingerprint density at radius 1 is 1.56 bits per heavy atom. The molecule has 0 bridgehead atoms. The van der Waals surface area contributed by atoms with Crippen LogP contribution in [0.3, 0.4) is 0 Å². The normalized spacial score (nSPS) is 11.1. The highest BCUT2D eigenvalue weighted by molar-refractivity contribution is 7.07. The highest BCUT2D eigenvalue weighted by Gasteiger charge is 2.08. The summed E-state index contributed by atoms with van der Waals surface area (Å²) in [6.45, 7) is 5.36. The molecule has 0 fully saturated rings. The Morgan fingerprint density at radius 3 is 2.88 bits per heavy atom. The first-order chi connectivity index (χ1) is 7.59. The second-order valence-corrected chi connectivity index (χ2v) is 5.02. The van der Waals surface area contributed by atoms with E-state index in [1.54, 1.807) is 11.3 Å². The molecule has 0 aliphatic heterocycles. The second kappa shape index (κ2) is 6.66. The average molecular weight is 240 g/mol. The molecule has 1 aromatic rings. The molecular formula is C12H20N2OS. The van der Waals surface area contributed by atoms with Gasteiger partial charge in [0.1, 0.15) is 0 Å². The van der Waals surface area contributed by atoms with Crippen LogP contribution >= 0.6 is 11.3 Å². The van der Waals surface area contributed by atoms with Crippen LogP contribution in [0.4, 0.5) is 0 Å². The van der Waals surface area contributed by atoms with E-state index in [0.717, 1.165) is 13.0 Å². The summed E-state index contributed by atoms with van der Waals surface area (Å²) in [6, 6.07) is 2.50. The molecule has 4 heteroatoms. The molecule has 0 unspecified atom stereocenters. The third-order valence-corrected chi connectivity index (χ3v) is 3.32. The van der Waals surface area contributed by atoms with Gasteiger partial charge in [-0.2, -0.15) is 11.3 Å². The quantitative estimate of drug-likeness (QED) is 0.821. The smallest absolute Gasteiger partial charge is 0.234 e. The van der Waals surface area contributed by atoms with E-state index in [4.69, 9.17) is 0 Å². The fraction of sp³-hybridized carbons (Fsp3) is 0.583. The predicted octanol–water partition coefficient (Wildman–Crippen LogP) is 1.75. The van der Waals surface area contributed by atoms with E-state index >= 15 is 0 Å². The molecule has 0 radical (unpaired) electrons. The van der Waals surface area contributed by atoms with E-state index in [9.17, 15) is 4.79 Å². The number of carbonyl (C=O) groups excluding carboxylic acids is 1. The van der Waals surface area contributed by atoms with Crippen molar-refractivity contribution in [2.24, 2.45) is 0 Å². The van der Waals surface area contributed by atoms with Crippen molar-refractivity contribution >= 4 is 17.2 Å². The van der Waals surface area contributed by atoms with E-state index in [2.05, 4.69) is 36.0 Å². The Labute approximate surface area is 101 Å². The standard InChI is InChI=1S/C12H20N2OS/c1-10(2)14(3)8-12(15)13-6-4-11-5-7-16-9-11/h5,7,9-10H,4,6,8H2,1-3H3,(H,13,15). The van der Waals surface area contributed by atoms with Gasteiger partial charge in [0.25, 0.3) is 0 Å². The van der Waals surface area contributed by atoms with Gasteiger partial charge >= 0.3 is 0 Å². The lowest BCUT2D eigenvalue weighted by Gasteiger charge is -2.20. The lowest BCUT2D eigenvalue weighted by atomic mass is 10.2. The molecule has 0 saturated heterocycles. The molecule has 1 heterocycles. The predicted molar refractivity (Wildman–Crippen MR) is 68.8 cm³/mol. The first-order valence-electron chi connectivity index (χ1n) is 5.57.